The molecule has 1 amide bonds. The Bertz CT molecular complexity index is 346. The second-order valence-corrected chi connectivity index (χ2v) is 4.38. The number of benzene rings is 1. The maximum Gasteiger partial charge on any atom is 0.225 e. The molecular formula is C9H9BrClNOS. The molecule has 1 aromatic carbocycles. The Morgan fingerprint density at radius 2 is 2.29 bits per heavy atom. The minimum atomic E-state index is -0.0667. The first kappa shape index (κ1) is 11.9. The number of thiol groups is 1. The van der Waals surface area contributed by atoms with Crippen molar-refractivity contribution < 1.29 is 4.79 Å². The van der Waals surface area contributed by atoms with Crippen molar-refractivity contribution in [3.63, 3.8) is 0 Å². The number of hydrogen-bond acceptors (Lipinski definition) is 2. The molecule has 1 aromatic rings. The molecular weight excluding hydrogens is 286 g/mol. The van der Waals surface area contributed by atoms with Gasteiger partial charge in [-0.15, -0.1) is 0 Å². The molecule has 0 atom stereocenters. The third kappa shape index (κ3) is 3.52. The molecule has 0 fully saturated rings. The van der Waals surface area contributed by atoms with Gasteiger partial charge >= 0.3 is 0 Å². The second-order valence-electron chi connectivity index (χ2n) is 2.65. The fourth-order valence-corrected chi connectivity index (χ4v) is 1.63. The van der Waals surface area contributed by atoms with Crippen LogP contribution in [0.15, 0.2) is 22.7 Å². The minimum absolute atomic E-state index is 0.0667. The zero-order chi connectivity index (χ0) is 10.6. The standard InChI is InChI=1S/C9H9BrClNOS/c10-7-2-1-6(11)5-8(7)12-9(13)3-4-14/h1-2,5,14H,3-4H2,(H,12,13). The largest absolute Gasteiger partial charge is 0.325 e. The van der Waals surface area contributed by atoms with Gasteiger partial charge in [-0.25, -0.2) is 0 Å². The van der Waals surface area contributed by atoms with E-state index >= 15 is 0 Å². The van der Waals surface area contributed by atoms with E-state index in [1.54, 1.807) is 18.2 Å². The van der Waals surface area contributed by atoms with E-state index in [2.05, 4.69) is 33.9 Å². The highest BCUT2D eigenvalue weighted by molar-refractivity contribution is 9.10. The van der Waals surface area contributed by atoms with Crippen molar-refractivity contribution in [2.45, 2.75) is 6.42 Å². The number of hydrogen-bond donors (Lipinski definition) is 2. The number of rotatable bonds is 3. The van der Waals surface area contributed by atoms with Crippen LogP contribution in [-0.2, 0) is 4.79 Å². The highest BCUT2D eigenvalue weighted by atomic mass is 79.9. The van der Waals surface area contributed by atoms with E-state index in [1.807, 2.05) is 0 Å². The molecule has 14 heavy (non-hydrogen) atoms. The lowest BCUT2D eigenvalue weighted by molar-refractivity contribution is -0.115. The Morgan fingerprint density at radius 1 is 1.57 bits per heavy atom. The summed E-state index contributed by atoms with van der Waals surface area (Å²) in [4.78, 5) is 11.3. The van der Waals surface area contributed by atoms with Crippen LogP contribution in [0.2, 0.25) is 5.02 Å². The van der Waals surface area contributed by atoms with Gasteiger partial charge in [0.1, 0.15) is 0 Å². The van der Waals surface area contributed by atoms with Crippen LogP contribution in [0, 0.1) is 0 Å². The molecule has 0 aliphatic rings. The van der Waals surface area contributed by atoms with Crippen LogP contribution >= 0.6 is 40.2 Å². The molecule has 5 heteroatoms. The summed E-state index contributed by atoms with van der Waals surface area (Å²) in [6, 6.07) is 5.24. The molecule has 0 unspecified atom stereocenters. The smallest absolute Gasteiger partial charge is 0.225 e. The van der Waals surface area contributed by atoms with Gasteiger partial charge in [0, 0.05) is 15.9 Å². The Morgan fingerprint density at radius 3 is 2.93 bits per heavy atom. The van der Waals surface area contributed by atoms with Crippen LogP contribution in [0.25, 0.3) is 0 Å². The summed E-state index contributed by atoms with van der Waals surface area (Å²) in [6.45, 7) is 0. The van der Waals surface area contributed by atoms with Gasteiger partial charge in [-0.3, -0.25) is 4.79 Å². The van der Waals surface area contributed by atoms with E-state index in [0.717, 1.165) is 4.47 Å². The fraction of sp³-hybridized carbons (Fsp3) is 0.222. The Kier molecular flexibility index (Phi) is 4.78. The van der Waals surface area contributed by atoms with Crippen molar-refractivity contribution in [2.75, 3.05) is 11.1 Å². The Labute approximate surface area is 102 Å². The number of amides is 1. The summed E-state index contributed by atoms with van der Waals surface area (Å²) in [6.07, 6.45) is 0.391. The molecule has 0 radical (unpaired) electrons. The summed E-state index contributed by atoms with van der Waals surface area (Å²) in [5, 5.41) is 3.32. The average molecular weight is 295 g/mol. The SMILES string of the molecule is O=C(CCS)Nc1cc(Cl)ccc1Br. The Balaban J connectivity index is 2.75. The van der Waals surface area contributed by atoms with E-state index in [-0.39, 0.29) is 5.91 Å². The quantitative estimate of drug-likeness (QED) is 0.822. The number of anilines is 1. The van der Waals surface area contributed by atoms with Crippen LogP contribution in [0.4, 0.5) is 5.69 Å². The molecule has 0 saturated heterocycles. The topological polar surface area (TPSA) is 29.1 Å². The first-order valence-corrected chi connectivity index (χ1v) is 5.79. The lowest BCUT2D eigenvalue weighted by Gasteiger charge is -2.06. The van der Waals surface area contributed by atoms with Crippen molar-refractivity contribution in [1.29, 1.82) is 0 Å². The van der Waals surface area contributed by atoms with Crippen molar-refractivity contribution in [2.24, 2.45) is 0 Å². The summed E-state index contributed by atoms with van der Waals surface area (Å²) in [5.41, 5.74) is 0.685. The van der Waals surface area contributed by atoms with Gasteiger partial charge in [0.05, 0.1) is 5.69 Å². The second kappa shape index (κ2) is 5.63. The van der Waals surface area contributed by atoms with Crippen LogP contribution in [0.1, 0.15) is 6.42 Å². The van der Waals surface area contributed by atoms with E-state index in [9.17, 15) is 4.79 Å². The van der Waals surface area contributed by atoms with Crippen molar-refractivity contribution in [1.82, 2.24) is 0 Å². The van der Waals surface area contributed by atoms with Crippen molar-refractivity contribution in [3.05, 3.63) is 27.7 Å². The highest BCUT2D eigenvalue weighted by Gasteiger charge is 2.04. The Hall–Kier alpha value is -0.190. The van der Waals surface area contributed by atoms with Crippen LogP contribution < -0.4 is 5.32 Å². The van der Waals surface area contributed by atoms with Crippen LogP contribution in [0.3, 0.4) is 0 Å². The minimum Gasteiger partial charge on any atom is -0.325 e. The first-order chi connectivity index (χ1) is 6.63. The van der Waals surface area contributed by atoms with Gasteiger partial charge < -0.3 is 5.32 Å². The van der Waals surface area contributed by atoms with Gasteiger partial charge in [0.15, 0.2) is 0 Å². The fourth-order valence-electron chi connectivity index (χ4n) is 0.908. The monoisotopic (exact) mass is 293 g/mol. The first-order valence-electron chi connectivity index (χ1n) is 3.99. The molecule has 0 spiro atoms. The molecule has 76 valence electrons. The third-order valence-corrected chi connectivity index (χ3v) is 2.69. The molecule has 0 heterocycles. The molecule has 0 bridgehead atoms. The third-order valence-electron chi connectivity index (χ3n) is 1.54. The number of nitrogens with one attached hydrogen (secondary N) is 1. The number of halogens is 2. The van der Waals surface area contributed by atoms with Gasteiger partial charge in [-0.1, -0.05) is 11.6 Å². The summed E-state index contributed by atoms with van der Waals surface area (Å²) in [7, 11) is 0. The van der Waals surface area contributed by atoms with E-state index < -0.39 is 0 Å². The lowest BCUT2D eigenvalue weighted by Crippen LogP contribution is -2.11. The normalized spacial score (nSPS) is 9.93. The molecule has 1 N–H and O–H groups in total. The zero-order valence-corrected chi connectivity index (χ0v) is 10.5. The molecule has 0 aliphatic carbocycles. The van der Waals surface area contributed by atoms with Gasteiger partial charge in [0.25, 0.3) is 0 Å². The summed E-state index contributed by atoms with van der Waals surface area (Å²) < 4.78 is 0.814. The predicted octanol–water partition coefficient (Wildman–Crippen LogP) is 3.36. The van der Waals surface area contributed by atoms with Crippen LogP contribution in [-0.4, -0.2) is 11.7 Å². The molecule has 0 aliphatic heterocycles. The average Bonchev–Trinajstić information content (AvgIpc) is 2.12. The molecule has 0 aromatic heterocycles. The number of carbonyl (C=O) groups is 1. The summed E-state index contributed by atoms with van der Waals surface area (Å²) in [5.74, 6) is 0.465. The van der Waals surface area contributed by atoms with E-state index in [0.29, 0.717) is 22.9 Å². The van der Waals surface area contributed by atoms with Crippen molar-refractivity contribution >= 4 is 51.8 Å². The maximum absolute atomic E-state index is 11.3. The lowest BCUT2D eigenvalue weighted by atomic mass is 10.3. The van der Waals surface area contributed by atoms with Crippen LogP contribution in [0.5, 0.6) is 0 Å². The molecule has 0 saturated carbocycles. The van der Waals surface area contributed by atoms with Crippen molar-refractivity contribution in [3.8, 4) is 0 Å². The predicted molar refractivity (Wildman–Crippen MR) is 66.3 cm³/mol. The highest BCUT2D eigenvalue weighted by Crippen LogP contribution is 2.25. The van der Waals surface area contributed by atoms with Gasteiger partial charge in [-0.2, -0.15) is 12.6 Å². The zero-order valence-electron chi connectivity index (χ0n) is 7.26. The van der Waals surface area contributed by atoms with E-state index in [1.165, 1.54) is 0 Å². The van der Waals surface area contributed by atoms with Gasteiger partial charge in [0.2, 0.25) is 5.91 Å². The summed E-state index contributed by atoms with van der Waals surface area (Å²) >= 11 is 13.1. The van der Waals surface area contributed by atoms with Gasteiger partial charge in [-0.05, 0) is 39.9 Å². The van der Waals surface area contributed by atoms with E-state index in [4.69, 9.17) is 11.6 Å². The molecule has 1 rings (SSSR count). The molecule has 2 nitrogen and oxygen atoms in total. The number of carbonyl (C=O) groups excluding carboxylic acids is 1. The maximum atomic E-state index is 11.3.